The number of hydrogen-bond donors (Lipinski definition) is 2. The molecular weight excluding hydrogens is 244 g/mol. The van der Waals surface area contributed by atoms with E-state index in [-0.39, 0.29) is 5.69 Å². The molecular formula is C14H20N2O3. The molecule has 0 aromatic heterocycles. The monoisotopic (exact) mass is 264 g/mol. The van der Waals surface area contributed by atoms with Crippen molar-refractivity contribution < 1.29 is 10.0 Å². The molecule has 5 nitrogen and oxygen atoms in total. The van der Waals surface area contributed by atoms with Crippen LogP contribution >= 0.6 is 0 Å². The van der Waals surface area contributed by atoms with Gasteiger partial charge in [0.1, 0.15) is 0 Å². The van der Waals surface area contributed by atoms with E-state index in [4.69, 9.17) is 0 Å². The van der Waals surface area contributed by atoms with Gasteiger partial charge in [-0.2, -0.15) is 0 Å². The summed E-state index contributed by atoms with van der Waals surface area (Å²) < 4.78 is 0. The van der Waals surface area contributed by atoms with Crippen LogP contribution in [0.25, 0.3) is 0 Å². The quantitative estimate of drug-likeness (QED) is 0.633. The molecule has 2 rings (SSSR count). The van der Waals surface area contributed by atoms with Crippen LogP contribution in [0.1, 0.15) is 43.8 Å². The molecule has 0 saturated heterocycles. The zero-order valence-electron chi connectivity index (χ0n) is 10.9. The predicted octanol–water partition coefficient (Wildman–Crippen LogP) is 2.55. The van der Waals surface area contributed by atoms with Crippen LogP contribution in [0.4, 0.5) is 5.69 Å². The van der Waals surface area contributed by atoms with Gasteiger partial charge in [-0.15, -0.1) is 0 Å². The van der Waals surface area contributed by atoms with Crippen molar-refractivity contribution in [3.8, 4) is 0 Å². The normalized spacial score (nSPS) is 18.2. The Morgan fingerprint density at radius 2 is 1.89 bits per heavy atom. The van der Waals surface area contributed by atoms with Gasteiger partial charge < -0.3 is 10.4 Å². The van der Waals surface area contributed by atoms with Gasteiger partial charge in [-0.25, -0.2) is 0 Å². The number of aliphatic hydroxyl groups is 1. The fourth-order valence-electron chi connectivity index (χ4n) is 2.52. The predicted molar refractivity (Wildman–Crippen MR) is 72.9 cm³/mol. The molecule has 0 heterocycles. The van der Waals surface area contributed by atoms with Gasteiger partial charge in [-0.05, 0) is 30.5 Å². The van der Waals surface area contributed by atoms with E-state index in [0.717, 1.165) is 0 Å². The Morgan fingerprint density at radius 3 is 2.47 bits per heavy atom. The maximum atomic E-state index is 10.5. The Kier molecular flexibility index (Phi) is 4.87. The Balaban J connectivity index is 1.84. The SMILES string of the molecule is O=[N+]([O-])c1ccc(C(O)CNC2CCCCC2)cc1. The first kappa shape index (κ1) is 14.0. The van der Waals surface area contributed by atoms with Gasteiger partial charge in [0.25, 0.3) is 5.69 Å². The number of hydrogen-bond acceptors (Lipinski definition) is 4. The summed E-state index contributed by atoms with van der Waals surface area (Å²) in [6.07, 6.45) is 5.56. The number of nitrogens with one attached hydrogen (secondary N) is 1. The molecule has 0 spiro atoms. The Bertz CT molecular complexity index is 413. The number of rotatable bonds is 5. The first-order valence-corrected chi connectivity index (χ1v) is 6.82. The van der Waals surface area contributed by atoms with Gasteiger partial charge in [-0.3, -0.25) is 10.1 Å². The highest BCUT2D eigenvalue weighted by Crippen LogP contribution is 2.20. The minimum atomic E-state index is -0.609. The Hall–Kier alpha value is -1.46. The topological polar surface area (TPSA) is 75.4 Å². The summed E-state index contributed by atoms with van der Waals surface area (Å²) in [5.41, 5.74) is 0.769. The van der Waals surface area contributed by atoms with Gasteiger partial charge >= 0.3 is 0 Å². The summed E-state index contributed by atoms with van der Waals surface area (Å²) in [7, 11) is 0. The highest BCUT2D eigenvalue weighted by atomic mass is 16.6. The zero-order chi connectivity index (χ0) is 13.7. The molecule has 1 saturated carbocycles. The molecule has 104 valence electrons. The molecule has 2 N–H and O–H groups in total. The van der Waals surface area contributed by atoms with Crippen LogP contribution in [0.2, 0.25) is 0 Å². The smallest absolute Gasteiger partial charge is 0.269 e. The van der Waals surface area contributed by atoms with Crippen molar-refractivity contribution in [2.24, 2.45) is 0 Å². The Labute approximate surface area is 112 Å². The average molecular weight is 264 g/mol. The third-order valence-electron chi connectivity index (χ3n) is 3.69. The van der Waals surface area contributed by atoms with Gasteiger partial charge in [0.2, 0.25) is 0 Å². The highest BCUT2D eigenvalue weighted by Gasteiger charge is 2.15. The van der Waals surface area contributed by atoms with Crippen molar-refractivity contribution in [1.82, 2.24) is 5.32 Å². The average Bonchev–Trinajstić information content (AvgIpc) is 2.46. The second kappa shape index (κ2) is 6.63. The molecule has 0 radical (unpaired) electrons. The number of nitro groups is 1. The zero-order valence-corrected chi connectivity index (χ0v) is 10.9. The number of aliphatic hydroxyl groups excluding tert-OH is 1. The van der Waals surface area contributed by atoms with E-state index in [0.29, 0.717) is 18.2 Å². The highest BCUT2D eigenvalue weighted by molar-refractivity contribution is 5.33. The minimum absolute atomic E-state index is 0.0520. The fraction of sp³-hybridized carbons (Fsp3) is 0.571. The molecule has 1 fully saturated rings. The number of benzene rings is 1. The lowest BCUT2D eigenvalue weighted by molar-refractivity contribution is -0.384. The molecule has 0 aliphatic heterocycles. The van der Waals surface area contributed by atoms with Crippen LogP contribution in [-0.4, -0.2) is 22.6 Å². The second-order valence-electron chi connectivity index (χ2n) is 5.11. The molecule has 1 aromatic rings. The molecule has 1 aliphatic rings. The summed E-state index contributed by atoms with van der Waals surface area (Å²) in [5.74, 6) is 0. The van der Waals surface area contributed by atoms with Crippen molar-refractivity contribution in [3.05, 3.63) is 39.9 Å². The van der Waals surface area contributed by atoms with E-state index in [1.54, 1.807) is 12.1 Å². The molecule has 0 bridgehead atoms. The van der Waals surface area contributed by atoms with Crippen molar-refractivity contribution >= 4 is 5.69 Å². The number of non-ortho nitro benzene ring substituents is 1. The van der Waals surface area contributed by atoms with E-state index in [2.05, 4.69) is 5.32 Å². The van der Waals surface area contributed by atoms with Crippen LogP contribution in [0.15, 0.2) is 24.3 Å². The lowest BCUT2D eigenvalue weighted by Gasteiger charge is -2.24. The summed E-state index contributed by atoms with van der Waals surface area (Å²) in [6, 6.07) is 6.59. The van der Waals surface area contributed by atoms with Crippen molar-refractivity contribution in [1.29, 1.82) is 0 Å². The minimum Gasteiger partial charge on any atom is -0.387 e. The Morgan fingerprint density at radius 1 is 1.26 bits per heavy atom. The molecule has 1 aromatic carbocycles. The molecule has 1 aliphatic carbocycles. The van der Waals surface area contributed by atoms with Gasteiger partial charge in [0.15, 0.2) is 0 Å². The van der Waals surface area contributed by atoms with Crippen molar-refractivity contribution in [2.45, 2.75) is 44.2 Å². The molecule has 5 heteroatoms. The maximum Gasteiger partial charge on any atom is 0.269 e. The molecule has 1 atom stereocenters. The lowest BCUT2D eigenvalue weighted by Crippen LogP contribution is -2.34. The number of nitrogens with zero attached hydrogens (tertiary/aromatic N) is 1. The van der Waals surface area contributed by atoms with Crippen LogP contribution < -0.4 is 5.32 Å². The van der Waals surface area contributed by atoms with E-state index in [1.807, 2.05) is 0 Å². The summed E-state index contributed by atoms with van der Waals surface area (Å²) in [4.78, 5) is 10.1. The van der Waals surface area contributed by atoms with Crippen LogP contribution in [-0.2, 0) is 0 Å². The molecule has 1 unspecified atom stereocenters. The van der Waals surface area contributed by atoms with E-state index in [9.17, 15) is 15.2 Å². The van der Waals surface area contributed by atoms with E-state index >= 15 is 0 Å². The maximum absolute atomic E-state index is 10.5. The molecule has 0 amide bonds. The summed E-state index contributed by atoms with van der Waals surface area (Å²) >= 11 is 0. The van der Waals surface area contributed by atoms with Crippen LogP contribution in [0.3, 0.4) is 0 Å². The number of nitro benzene ring substituents is 1. The fourth-order valence-corrected chi connectivity index (χ4v) is 2.52. The largest absolute Gasteiger partial charge is 0.387 e. The second-order valence-corrected chi connectivity index (χ2v) is 5.11. The molecule has 19 heavy (non-hydrogen) atoms. The van der Waals surface area contributed by atoms with Crippen LogP contribution in [0, 0.1) is 10.1 Å². The van der Waals surface area contributed by atoms with Crippen molar-refractivity contribution in [2.75, 3.05) is 6.54 Å². The van der Waals surface area contributed by atoms with Gasteiger partial charge in [0.05, 0.1) is 11.0 Å². The third-order valence-corrected chi connectivity index (χ3v) is 3.69. The summed E-state index contributed by atoms with van der Waals surface area (Å²) in [5, 5.41) is 24.0. The lowest BCUT2D eigenvalue weighted by atomic mass is 9.95. The van der Waals surface area contributed by atoms with E-state index in [1.165, 1.54) is 44.2 Å². The summed E-state index contributed by atoms with van der Waals surface area (Å²) in [6.45, 7) is 0.502. The first-order valence-electron chi connectivity index (χ1n) is 6.82. The van der Waals surface area contributed by atoms with Gasteiger partial charge in [0, 0.05) is 24.7 Å². The first-order chi connectivity index (χ1) is 9.16. The van der Waals surface area contributed by atoms with Gasteiger partial charge in [-0.1, -0.05) is 19.3 Å². The third kappa shape index (κ3) is 4.01. The standard InChI is InChI=1S/C14H20N2O3/c17-14(10-15-12-4-2-1-3-5-12)11-6-8-13(9-7-11)16(18)19/h6-9,12,14-15,17H,1-5,10H2. The van der Waals surface area contributed by atoms with E-state index < -0.39 is 11.0 Å². The van der Waals surface area contributed by atoms with Crippen molar-refractivity contribution in [3.63, 3.8) is 0 Å². The van der Waals surface area contributed by atoms with Crippen LogP contribution in [0.5, 0.6) is 0 Å².